The minimum atomic E-state index is -0.638. The monoisotopic (exact) mass is 246 g/mol. The first-order chi connectivity index (χ1) is 8.63. The summed E-state index contributed by atoms with van der Waals surface area (Å²) in [4.78, 5) is 24.3. The number of nitro groups is 1. The molecule has 1 aromatic heterocycles. The molecule has 2 aromatic rings. The third-order valence-corrected chi connectivity index (χ3v) is 2.42. The van der Waals surface area contributed by atoms with Gasteiger partial charge in [-0.3, -0.25) is 4.79 Å². The van der Waals surface area contributed by atoms with Gasteiger partial charge in [0.2, 0.25) is 0 Å². The van der Waals surface area contributed by atoms with Crippen LogP contribution in [0.2, 0.25) is 0 Å². The van der Waals surface area contributed by atoms with Gasteiger partial charge in [-0.25, -0.2) is 4.39 Å². The van der Waals surface area contributed by atoms with Gasteiger partial charge < -0.3 is 10.1 Å². The van der Waals surface area contributed by atoms with Gasteiger partial charge in [-0.05, 0) is 27.6 Å². The lowest BCUT2D eigenvalue weighted by Gasteiger charge is -2.03. The molecule has 0 saturated carbocycles. The predicted molar refractivity (Wildman–Crippen MR) is 61.7 cm³/mol. The number of nitrogens with zero attached hydrogens (tertiary/aromatic N) is 2. The molecule has 1 aromatic carbocycles. The van der Waals surface area contributed by atoms with E-state index in [2.05, 4.69) is 4.98 Å². The molecule has 0 aliphatic rings. The minimum absolute atomic E-state index is 0.0897. The van der Waals surface area contributed by atoms with Crippen LogP contribution in [0, 0.1) is 15.9 Å². The van der Waals surface area contributed by atoms with E-state index in [0.717, 1.165) is 0 Å². The largest absolute Gasteiger partial charge is 0.363 e. The van der Waals surface area contributed by atoms with E-state index in [1.807, 2.05) is 0 Å². The van der Waals surface area contributed by atoms with Gasteiger partial charge in [0.05, 0.1) is 5.56 Å². The first-order valence-electron chi connectivity index (χ1n) is 4.98. The molecule has 6 heteroatoms. The number of hydrogen-bond acceptors (Lipinski definition) is 4. The van der Waals surface area contributed by atoms with E-state index in [4.69, 9.17) is 0 Å². The van der Waals surface area contributed by atoms with E-state index in [0.29, 0.717) is 17.4 Å². The maximum absolute atomic E-state index is 13.4. The van der Waals surface area contributed by atoms with Crippen LogP contribution in [-0.4, -0.2) is 16.2 Å². The zero-order valence-electron chi connectivity index (χ0n) is 9.04. The highest BCUT2D eigenvalue weighted by Crippen LogP contribution is 2.24. The van der Waals surface area contributed by atoms with Gasteiger partial charge in [0, 0.05) is 11.6 Å². The number of rotatable bonds is 3. The highest BCUT2D eigenvalue weighted by Gasteiger charge is 2.12. The highest BCUT2D eigenvalue weighted by molar-refractivity contribution is 5.87. The summed E-state index contributed by atoms with van der Waals surface area (Å²) in [6.07, 6.45) is 1.64. The fourth-order valence-electron chi connectivity index (χ4n) is 1.56. The van der Waals surface area contributed by atoms with Gasteiger partial charge in [-0.1, -0.05) is 12.1 Å². The topological polar surface area (TPSA) is 73.1 Å². The number of aldehydes is 1. The second-order valence-corrected chi connectivity index (χ2v) is 3.48. The van der Waals surface area contributed by atoms with E-state index in [1.54, 1.807) is 6.07 Å². The maximum atomic E-state index is 13.4. The Balaban J connectivity index is 2.52. The van der Waals surface area contributed by atoms with Gasteiger partial charge in [0.25, 0.3) is 0 Å². The van der Waals surface area contributed by atoms with Crippen molar-refractivity contribution in [2.24, 2.45) is 0 Å². The van der Waals surface area contributed by atoms with Crippen LogP contribution in [0.5, 0.6) is 0 Å². The second kappa shape index (κ2) is 4.70. The summed E-state index contributed by atoms with van der Waals surface area (Å²) in [5, 5.41) is 10.5. The average Bonchev–Trinajstić information content (AvgIpc) is 2.38. The van der Waals surface area contributed by atoms with Crippen molar-refractivity contribution in [3.63, 3.8) is 0 Å². The summed E-state index contributed by atoms with van der Waals surface area (Å²) in [5.74, 6) is -0.941. The van der Waals surface area contributed by atoms with Crippen LogP contribution in [0.4, 0.5) is 10.2 Å². The molecule has 0 atom stereocenters. The molecule has 0 unspecified atom stereocenters. The zero-order valence-corrected chi connectivity index (χ0v) is 9.04. The van der Waals surface area contributed by atoms with E-state index < -0.39 is 10.7 Å². The third-order valence-electron chi connectivity index (χ3n) is 2.42. The Morgan fingerprint density at radius 3 is 2.61 bits per heavy atom. The van der Waals surface area contributed by atoms with Crippen molar-refractivity contribution in [1.82, 2.24) is 4.98 Å². The molecule has 0 fully saturated rings. The third kappa shape index (κ3) is 2.08. The van der Waals surface area contributed by atoms with Crippen molar-refractivity contribution in [3.8, 4) is 11.1 Å². The summed E-state index contributed by atoms with van der Waals surface area (Å²) in [6.45, 7) is 0. The second-order valence-electron chi connectivity index (χ2n) is 3.48. The first kappa shape index (κ1) is 11.8. The van der Waals surface area contributed by atoms with Crippen molar-refractivity contribution >= 4 is 12.1 Å². The summed E-state index contributed by atoms with van der Waals surface area (Å²) in [5.41, 5.74) is 0.711. The van der Waals surface area contributed by atoms with Crippen LogP contribution in [0.1, 0.15) is 10.4 Å². The molecule has 0 amide bonds. The average molecular weight is 246 g/mol. The fraction of sp³-hybridized carbons (Fsp3) is 0. The number of aromatic nitrogens is 1. The Bertz CT molecular complexity index is 611. The molecule has 0 bridgehead atoms. The number of halogens is 1. The standard InChI is InChI=1S/C12H7FN2O3/c13-11-3-1-2-9(10(11)7-16)8-4-5-12(14-6-8)15(17)18/h1-7H. The van der Waals surface area contributed by atoms with E-state index in [1.165, 1.54) is 30.5 Å². The Kier molecular flexibility index (Phi) is 3.09. The lowest BCUT2D eigenvalue weighted by atomic mass is 10.0. The molecule has 0 aliphatic heterocycles. The van der Waals surface area contributed by atoms with Gasteiger partial charge in [-0.2, -0.15) is 0 Å². The molecule has 0 N–H and O–H groups in total. The lowest BCUT2D eigenvalue weighted by molar-refractivity contribution is -0.389. The zero-order chi connectivity index (χ0) is 13.1. The number of benzene rings is 1. The van der Waals surface area contributed by atoms with Crippen molar-refractivity contribution < 1.29 is 14.1 Å². The van der Waals surface area contributed by atoms with Gasteiger partial charge in [0.1, 0.15) is 12.0 Å². The van der Waals surface area contributed by atoms with E-state index >= 15 is 0 Å². The molecule has 0 spiro atoms. The first-order valence-corrected chi connectivity index (χ1v) is 4.98. The molecule has 0 aliphatic carbocycles. The van der Waals surface area contributed by atoms with Crippen molar-refractivity contribution in [2.75, 3.05) is 0 Å². The minimum Gasteiger partial charge on any atom is -0.358 e. The van der Waals surface area contributed by atoms with Crippen LogP contribution in [0.15, 0.2) is 36.5 Å². The number of carbonyl (C=O) groups is 1. The summed E-state index contributed by atoms with van der Waals surface area (Å²) in [6, 6.07) is 6.81. The van der Waals surface area contributed by atoms with E-state index in [-0.39, 0.29) is 11.4 Å². The van der Waals surface area contributed by atoms with Crippen LogP contribution in [0.3, 0.4) is 0 Å². The SMILES string of the molecule is O=Cc1c(F)cccc1-c1ccc([N+](=O)[O-])nc1. The molecule has 1 heterocycles. The molecule has 0 radical (unpaired) electrons. The summed E-state index contributed by atoms with van der Waals surface area (Å²) < 4.78 is 13.4. The van der Waals surface area contributed by atoms with Gasteiger partial charge in [0.15, 0.2) is 6.29 Å². The Morgan fingerprint density at radius 1 is 1.28 bits per heavy atom. The molecule has 18 heavy (non-hydrogen) atoms. The summed E-state index contributed by atoms with van der Waals surface area (Å²) in [7, 11) is 0. The van der Waals surface area contributed by atoms with Crippen molar-refractivity contribution in [3.05, 3.63) is 58.0 Å². The number of carbonyl (C=O) groups excluding carboxylic acids is 1. The Morgan fingerprint density at radius 2 is 2.06 bits per heavy atom. The smallest absolute Gasteiger partial charge is 0.358 e. The molecule has 5 nitrogen and oxygen atoms in total. The van der Waals surface area contributed by atoms with Crippen LogP contribution in [-0.2, 0) is 0 Å². The summed E-state index contributed by atoms with van der Waals surface area (Å²) >= 11 is 0. The maximum Gasteiger partial charge on any atom is 0.363 e. The van der Waals surface area contributed by atoms with Crippen molar-refractivity contribution in [1.29, 1.82) is 0 Å². The van der Waals surface area contributed by atoms with Crippen LogP contribution in [0.25, 0.3) is 11.1 Å². The molecule has 2 rings (SSSR count). The molecule has 0 saturated heterocycles. The van der Waals surface area contributed by atoms with Gasteiger partial charge in [-0.15, -0.1) is 0 Å². The highest BCUT2D eigenvalue weighted by atomic mass is 19.1. The van der Waals surface area contributed by atoms with E-state index in [9.17, 15) is 19.3 Å². The van der Waals surface area contributed by atoms with Crippen molar-refractivity contribution in [2.45, 2.75) is 0 Å². The molecule has 90 valence electrons. The normalized spacial score (nSPS) is 10.1. The Hall–Kier alpha value is -2.63. The molecular weight excluding hydrogens is 239 g/mol. The number of pyridine rings is 1. The lowest BCUT2D eigenvalue weighted by Crippen LogP contribution is -1.95. The van der Waals surface area contributed by atoms with Crippen LogP contribution >= 0.6 is 0 Å². The van der Waals surface area contributed by atoms with Gasteiger partial charge >= 0.3 is 5.82 Å². The quantitative estimate of drug-likeness (QED) is 0.474. The number of hydrogen-bond donors (Lipinski definition) is 0. The predicted octanol–water partition coefficient (Wildman–Crippen LogP) is 2.61. The van der Waals surface area contributed by atoms with Crippen LogP contribution < -0.4 is 0 Å². The fourth-order valence-corrected chi connectivity index (χ4v) is 1.56. The molecular formula is C12H7FN2O3. The Labute approximate surface area is 101 Å².